The fourth-order valence-electron chi connectivity index (χ4n) is 4.96. The van der Waals surface area contributed by atoms with Crippen LogP contribution in [-0.4, -0.2) is 95.4 Å². The molecule has 1 saturated heterocycles. The summed E-state index contributed by atoms with van der Waals surface area (Å²) in [7, 11) is -3.97. The van der Waals surface area contributed by atoms with Crippen LogP contribution in [0.3, 0.4) is 0 Å². The molecule has 218 valence electrons. The van der Waals surface area contributed by atoms with E-state index in [0.29, 0.717) is 35.3 Å². The van der Waals surface area contributed by atoms with E-state index in [4.69, 9.17) is 0 Å². The number of anilines is 1. The van der Waals surface area contributed by atoms with Crippen LogP contribution in [0.15, 0.2) is 34.5 Å². The number of aryl methyl sites for hydroxylation is 1. The number of piperazine rings is 1. The van der Waals surface area contributed by atoms with Gasteiger partial charge in [-0.25, -0.2) is 23.4 Å². The Morgan fingerprint density at radius 1 is 1.05 bits per heavy atom. The van der Waals surface area contributed by atoms with Gasteiger partial charge < -0.3 is 15.1 Å². The van der Waals surface area contributed by atoms with E-state index in [1.54, 1.807) is 25.4 Å². The first-order chi connectivity index (χ1) is 19.3. The largest absolute Gasteiger partial charge is 0.354 e. The molecule has 1 amide bonds. The van der Waals surface area contributed by atoms with E-state index in [1.807, 2.05) is 4.90 Å². The minimum atomic E-state index is -3.97. The Morgan fingerprint density at radius 3 is 2.38 bits per heavy atom. The van der Waals surface area contributed by atoms with Crippen LogP contribution in [0.4, 0.5) is 5.95 Å². The van der Waals surface area contributed by atoms with E-state index in [-0.39, 0.29) is 35.8 Å². The van der Waals surface area contributed by atoms with Crippen LogP contribution in [0.5, 0.6) is 0 Å². The average molecular weight is 591 g/mol. The van der Waals surface area contributed by atoms with Gasteiger partial charge in [0, 0.05) is 50.0 Å². The van der Waals surface area contributed by atoms with Crippen molar-refractivity contribution in [1.29, 1.82) is 0 Å². The van der Waals surface area contributed by atoms with Crippen molar-refractivity contribution in [2.75, 3.05) is 57.3 Å². The van der Waals surface area contributed by atoms with E-state index in [1.165, 1.54) is 26.5 Å². The molecule has 4 rings (SSSR count). The lowest BCUT2D eigenvalue weighted by atomic mass is 10.3. The molecule has 1 N–H and O–H groups in total. The summed E-state index contributed by atoms with van der Waals surface area (Å²) in [4.78, 5) is 44.1. The molecule has 1 fully saturated rings. The zero-order valence-electron chi connectivity index (χ0n) is 23.4. The summed E-state index contributed by atoms with van der Waals surface area (Å²) in [5.74, 6) is 0.248. The Labute approximate surface area is 239 Å². The second kappa shape index (κ2) is 13.6. The van der Waals surface area contributed by atoms with Crippen molar-refractivity contribution in [3.05, 3.63) is 40.0 Å². The molecule has 0 unspecified atom stereocenters. The molecule has 0 radical (unpaired) electrons. The third-order valence-electron chi connectivity index (χ3n) is 6.84. The number of nitrogens with one attached hydrogen (secondary N) is 1. The predicted octanol–water partition coefficient (Wildman–Crippen LogP) is 1.70. The minimum Gasteiger partial charge on any atom is -0.354 e. The molecule has 0 aliphatic carbocycles. The summed E-state index contributed by atoms with van der Waals surface area (Å²) < 4.78 is 30.1. The lowest BCUT2D eigenvalue weighted by Crippen LogP contribution is -2.49. The first kappa shape index (κ1) is 30.0. The predicted molar refractivity (Wildman–Crippen MR) is 156 cm³/mol. The number of thiophene rings is 1. The van der Waals surface area contributed by atoms with Crippen molar-refractivity contribution in [3.63, 3.8) is 0 Å². The van der Waals surface area contributed by atoms with Crippen LogP contribution in [-0.2, 0) is 21.4 Å². The molecular weight excluding hydrogens is 552 g/mol. The van der Waals surface area contributed by atoms with Crippen molar-refractivity contribution in [2.24, 2.45) is 0 Å². The summed E-state index contributed by atoms with van der Waals surface area (Å²) >= 11 is 1.17. The molecule has 0 spiro atoms. The number of aromatic nitrogens is 4. The second-order valence-electron chi connectivity index (χ2n) is 9.83. The molecule has 0 atom stereocenters. The molecule has 40 heavy (non-hydrogen) atoms. The molecule has 3 aromatic heterocycles. The van der Waals surface area contributed by atoms with Gasteiger partial charge in [0.2, 0.25) is 21.9 Å². The third-order valence-corrected chi connectivity index (χ3v) is 10.1. The summed E-state index contributed by atoms with van der Waals surface area (Å²) in [5, 5.41) is 2.92. The number of hydrogen-bond acceptors (Lipinski definition) is 10. The Hall–Kier alpha value is -2.94. The Morgan fingerprint density at radius 2 is 1.73 bits per heavy atom. The van der Waals surface area contributed by atoms with Crippen LogP contribution in [0, 0.1) is 6.92 Å². The number of fused-ring (bicyclic) bond motifs is 1. The third kappa shape index (κ3) is 6.85. The van der Waals surface area contributed by atoms with E-state index in [9.17, 15) is 18.0 Å². The highest BCUT2D eigenvalue weighted by Gasteiger charge is 2.34. The van der Waals surface area contributed by atoms with E-state index in [2.05, 4.69) is 39.0 Å². The zero-order chi connectivity index (χ0) is 28.7. The van der Waals surface area contributed by atoms with Gasteiger partial charge in [0.05, 0.1) is 11.7 Å². The van der Waals surface area contributed by atoms with Crippen molar-refractivity contribution in [3.8, 4) is 0 Å². The van der Waals surface area contributed by atoms with Crippen molar-refractivity contribution in [2.45, 2.75) is 51.5 Å². The maximum atomic E-state index is 13.8. The SMILES string of the molecule is CCCN(CCC)CCCNC(=O)Cn1cnc2sc(C)c(S(=O)(=O)N3CCN(c4ncccn4)CC3)c2c1=O. The van der Waals surface area contributed by atoms with Gasteiger partial charge in [-0.2, -0.15) is 4.31 Å². The standard InChI is InChI=1S/C26H38N8O4S2/c1-4-11-31(12-5-2)13-7-10-27-21(35)18-33-19-30-24-22(25(33)36)23(20(3)39-24)40(37,38)34-16-14-32(15-17-34)26-28-8-6-9-29-26/h6,8-9,19H,4-5,7,10-18H2,1-3H3,(H,27,35). The molecule has 4 heterocycles. The molecule has 1 aliphatic heterocycles. The Kier molecular flexibility index (Phi) is 10.2. The van der Waals surface area contributed by atoms with Gasteiger partial charge in [0.25, 0.3) is 5.56 Å². The normalized spacial score (nSPS) is 14.8. The molecule has 14 heteroatoms. The van der Waals surface area contributed by atoms with Crippen LogP contribution in [0.25, 0.3) is 10.2 Å². The van der Waals surface area contributed by atoms with Crippen molar-refractivity contribution in [1.82, 2.24) is 34.0 Å². The number of carbonyl (C=O) groups is 1. The number of rotatable bonds is 13. The first-order valence-corrected chi connectivity index (χ1v) is 16.0. The molecule has 12 nitrogen and oxygen atoms in total. The summed E-state index contributed by atoms with van der Waals surface area (Å²) in [6, 6.07) is 1.73. The van der Waals surface area contributed by atoms with E-state index < -0.39 is 15.6 Å². The van der Waals surface area contributed by atoms with Crippen molar-refractivity contribution < 1.29 is 13.2 Å². The molecule has 0 bridgehead atoms. The Bertz CT molecular complexity index is 1440. The smallest absolute Gasteiger partial charge is 0.263 e. The highest BCUT2D eigenvalue weighted by molar-refractivity contribution is 7.89. The topological polar surface area (TPSA) is 134 Å². The monoisotopic (exact) mass is 590 g/mol. The number of sulfonamides is 1. The summed E-state index contributed by atoms with van der Waals surface area (Å²) in [6.07, 6.45) is 7.61. The van der Waals surface area contributed by atoms with E-state index in [0.717, 1.165) is 38.9 Å². The highest BCUT2D eigenvalue weighted by atomic mass is 32.2. The lowest BCUT2D eigenvalue weighted by Gasteiger charge is -2.33. The lowest BCUT2D eigenvalue weighted by molar-refractivity contribution is -0.121. The molecule has 1 aliphatic rings. The maximum absolute atomic E-state index is 13.8. The Balaban J connectivity index is 1.45. The highest BCUT2D eigenvalue weighted by Crippen LogP contribution is 2.33. The minimum absolute atomic E-state index is 0.0175. The number of carbonyl (C=O) groups excluding carboxylic acids is 1. The molecule has 0 saturated carbocycles. The van der Waals surface area contributed by atoms with Crippen LogP contribution in [0.1, 0.15) is 38.0 Å². The fourth-order valence-corrected chi connectivity index (χ4v) is 8.05. The van der Waals surface area contributed by atoms with Gasteiger partial charge in [-0.1, -0.05) is 13.8 Å². The van der Waals surface area contributed by atoms with Crippen LogP contribution in [0.2, 0.25) is 0 Å². The van der Waals surface area contributed by atoms with Gasteiger partial charge in [0.15, 0.2) is 0 Å². The average Bonchev–Trinajstić information content (AvgIpc) is 3.31. The second-order valence-corrected chi connectivity index (χ2v) is 12.9. The molecule has 0 aromatic carbocycles. The van der Waals surface area contributed by atoms with Gasteiger partial charge in [-0.15, -0.1) is 11.3 Å². The van der Waals surface area contributed by atoms with Gasteiger partial charge in [-0.3, -0.25) is 14.2 Å². The fraction of sp³-hybridized carbons (Fsp3) is 0.577. The number of hydrogen-bond donors (Lipinski definition) is 1. The quantitative estimate of drug-likeness (QED) is 0.295. The number of amides is 1. The van der Waals surface area contributed by atoms with Crippen LogP contribution < -0.4 is 15.8 Å². The summed E-state index contributed by atoms with van der Waals surface area (Å²) in [6.45, 7) is 10.6. The van der Waals surface area contributed by atoms with Gasteiger partial charge in [-0.05, 0) is 51.9 Å². The van der Waals surface area contributed by atoms with Gasteiger partial charge in [0.1, 0.15) is 16.3 Å². The zero-order valence-corrected chi connectivity index (χ0v) is 25.0. The number of nitrogens with zero attached hydrogens (tertiary/aromatic N) is 7. The van der Waals surface area contributed by atoms with Gasteiger partial charge >= 0.3 is 0 Å². The molecule has 3 aromatic rings. The maximum Gasteiger partial charge on any atom is 0.263 e. The van der Waals surface area contributed by atoms with Crippen LogP contribution >= 0.6 is 11.3 Å². The molecular formula is C26H38N8O4S2. The van der Waals surface area contributed by atoms with E-state index >= 15 is 0 Å². The first-order valence-electron chi connectivity index (χ1n) is 13.8. The van der Waals surface area contributed by atoms with Crippen molar-refractivity contribution >= 4 is 43.4 Å². The summed E-state index contributed by atoms with van der Waals surface area (Å²) in [5.41, 5.74) is -0.531.